The summed E-state index contributed by atoms with van der Waals surface area (Å²) in [6.45, 7) is 9.64. The predicted molar refractivity (Wildman–Crippen MR) is 86.1 cm³/mol. The van der Waals surface area contributed by atoms with Crippen LogP contribution in [0.3, 0.4) is 0 Å². The number of rotatable bonds is 6. The van der Waals surface area contributed by atoms with Crippen LogP contribution in [0.25, 0.3) is 0 Å². The van der Waals surface area contributed by atoms with Crippen LogP contribution in [0, 0.1) is 0 Å². The fourth-order valence-electron chi connectivity index (χ4n) is 2.20. The van der Waals surface area contributed by atoms with Gasteiger partial charge in [-0.2, -0.15) is 0 Å². The van der Waals surface area contributed by atoms with E-state index < -0.39 is 0 Å². The highest BCUT2D eigenvalue weighted by Gasteiger charge is 2.38. The third kappa shape index (κ3) is 3.70. The molecule has 0 saturated carbocycles. The lowest BCUT2D eigenvalue weighted by atomic mass is 9.91. The van der Waals surface area contributed by atoms with Gasteiger partial charge in [0.2, 0.25) is 5.91 Å². The molecule has 1 fully saturated rings. The molecule has 1 atom stereocenters. The lowest BCUT2D eigenvalue weighted by molar-refractivity contribution is -0.140. The van der Waals surface area contributed by atoms with E-state index in [2.05, 4.69) is 6.58 Å². The Kier molecular flexibility index (Phi) is 6.51. The van der Waals surface area contributed by atoms with Crippen LogP contribution in [0.4, 0.5) is 0 Å². The first kappa shape index (κ1) is 16.0. The van der Waals surface area contributed by atoms with E-state index in [0.29, 0.717) is 6.42 Å². The molecule has 20 heavy (non-hydrogen) atoms. The first-order valence-electron chi connectivity index (χ1n) is 6.92. The molecule has 1 heterocycles. The number of allylic oxidation sites excluding steroid dienone is 8. The van der Waals surface area contributed by atoms with Crippen molar-refractivity contribution in [1.29, 1.82) is 0 Å². The van der Waals surface area contributed by atoms with Crippen LogP contribution in [0.5, 0.6) is 0 Å². The number of likely N-dealkylation sites (tertiary alicyclic amines) is 1. The van der Waals surface area contributed by atoms with Crippen LogP contribution in [0.15, 0.2) is 72.5 Å². The molecule has 0 spiro atoms. The fraction of sp³-hybridized carbons (Fsp3) is 0.278. The van der Waals surface area contributed by atoms with E-state index in [0.717, 1.165) is 11.3 Å². The molecule has 2 nitrogen and oxygen atoms in total. The van der Waals surface area contributed by atoms with Crippen LogP contribution >= 0.6 is 0 Å². The van der Waals surface area contributed by atoms with Gasteiger partial charge in [0.25, 0.3) is 0 Å². The van der Waals surface area contributed by atoms with Crippen molar-refractivity contribution in [2.75, 3.05) is 0 Å². The number of hydrogen-bond donors (Lipinski definition) is 0. The lowest BCUT2D eigenvalue weighted by Crippen LogP contribution is -2.52. The third-order valence-electron chi connectivity index (χ3n) is 3.08. The Morgan fingerprint density at radius 1 is 1.15 bits per heavy atom. The van der Waals surface area contributed by atoms with Crippen molar-refractivity contribution in [1.82, 2.24) is 4.90 Å². The molecule has 1 unspecified atom stereocenters. The van der Waals surface area contributed by atoms with Crippen molar-refractivity contribution in [3.63, 3.8) is 0 Å². The van der Waals surface area contributed by atoms with Gasteiger partial charge in [-0.15, -0.1) is 0 Å². The van der Waals surface area contributed by atoms with Crippen LogP contribution in [-0.4, -0.2) is 16.8 Å². The van der Waals surface area contributed by atoms with E-state index >= 15 is 0 Å². The Morgan fingerprint density at radius 2 is 1.85 bits per heavy atom. The minimum Gasteiger partial charge on any atom is -0.304 e. The topological polar surface area (TPSA) is 20.3 Å². The summed E-state index contributed by atoms with van der Waals surface area (Å²) >= 11 is 0. The molecule has 0 N–H and O–H groups in total. The van der Waals surface area contributed by atoms with E-state index in [-0.39, 0.29) is 11.9 Å². The van der Waals surface area contributed by atoms with Gasteiger partial charge >= 0.3 is 0 Å². The molecule has 0 radical (unpaired) electrons. The maximum absolute atomic E-state index is 12.0. The van der Waals surface area contributed by atoms with Crippen LogP contribution < -0.4 is 0 Å². The van der Waals surface area contributed by atoms with Gasteiger partial charge in [-0.25, -0.2) is 0 Å². The second kappa shape index (κ2) is 8.16. The summed E-state index contributed by atoms with van der Waals surface area (Å²) in [4.78, 5) is 13.8. The van der Waals surface area contributed by atoms with Crippen molar-refractivity contribution in [2.24, 2.45) is 0 Å². The van der Waals surface area contributed by atoms with Gasteiger partial charge in [0.15, 0.2) is 0 Å². The van der Waals surface area contributed by atoms with Crippen molar-refractivity contribution in [2.45, 2.75) is 33.2 Å². The Balaban J connectivity index is 3.10. The molecule has 1 saturated heterocycles. The number of β-lactam (4-membered cyclic amide) rings is 1. The molecular formula is C18H23NO. The molecule has 1 amide bonds. The number of carbonyl (C=O) groups is 1. The van der Waals surface area contributed by atoms with Gasteiger partial charge in [0.1, 0.15) is 0 Å². The standard InChI is InChI=1S/C18H23NO/c1-5-9-13-16(12-8-4)19-17(14-18(19)20)15(10-6-2)11-7-3/h5-13,17H,2,14H2,1,3-4H3/b9-5-,11-7-,12-8-,15-10+,16-13+. The van der Waals surface area contributed by atoms with Crippen LogP contribution in [0.2, 0.25) is 0 Å². The van der Waals surface area contributed by atoms with Crippen LogP contribution in [-0.2, 0) is 4.79 Å². The zero-order chi connectivity index (χ0) is 15.0. The molecule has 1 rings (SSSR count). The molecule has 1 aliphatic heterocycles. The molecule has 1 aliphatic rings. The Morgan fingerprint density at radius 3 is 2.35 bits per heavy atom. The number of carbonyl (C=O) groups excluding carboxylic acids is 1. The normalized spacial score (nSPS) is 21.2. The van der Waals surface area contributed by atoms with Gasteiger partial charge in [-0.3, -0.25) is 4.79 Å². The second-order valence-corrected chi connectivity index (χ2v) is 4.50. The lowest BCUT2D eigenvalue weighted by Gasteiger charge is -2.42. The van der Waals surface area contributed by atoms with Crippen molar-refractivity contribution < 1.29 is 4.79 Å². The smallest absolute Gasteiger partial charge is 0.230 e. The van der Waals surface area contributed by atoms with Gasteiger partial charge in [0.05, 0.1) is 12.5 Å². The minimum absolute atomic E-state index is 0.101. The van der Waals surface area contributed by atoms with E-state index in [1.807, 2.05) is 74.3 Å². The fourth-order valence-corrected chi connectivity index (χ4v) is 2.20. The van der Waals surface area contributed by atoms with Gasteiger partial charge in [0, 0.05) is 5.70 Å². The van der Waals surface area contributed by atoms with Gasteiger partial charge < -0.3 is 4.90 Å². The van der Waals surface area contributed by atoms with Gasteiger partial charge in [-0.1, -0.05) is 49.1 Å². The van der Waals surface area contributed by atoms with Crippen LogP contribution in [0.1, 0.15) is 27.2 Å². The highest BCUT2D eigenvalue weighted by atomic mass is 16.2. The monoisotopic (exact) mass is 269 g/mol. The summed E-state index contributed by atoms with van der Waals surface area (Å²) in [6, 6.07) is 0.101. The quantitative estimate of drug-likeness (QED) is 0.519. The van der Waals surface area contributed by atoms with E-state index in [4.69, 9.17) is 0 Å². The Hall–Kier alpha value is -2.09. The Bertz CT molecular complexity index is 504. The maximum Gasteiger partial charge on any atom is 0.230 e. The minimum atomic E-state index is 0.101. The average molecular weight is 269 g/mol. The molecular weight excluding hydrogens is 246 g/mol. The molecule has 0 bridgehead atoms. The zero-order valence-corrected chi connectivity index (χ0v) is 12.5. The summed E-state index contributed by atoms with van der Waals surface area (Å²) in [5.41, 5.74) is 2.03. The summed E-state index contributed by atoms with van der Waals surface area (Å²) in [5.74, 6) is 0.156. The van der Waals surface area contributed by atoms with Gasteiger partial charge in [-0.05, 0) is 38.5 Å². The summed E-state index contributed by atoms with van der Waals surface area (Å²) in [5, 5.41) is 0. The van der Waals surface area contributed by atoms with E-state index in [1.165, 1.54) is 0 Å². The molecule has 0 aliphatic carbocycles. The maximum atomic E-state index is 12.0. The first-order valence-corrected chi connectivity index (χ1v) is 6.92. The number of nitrogens with zero attached hydrogens (tertiary/aromatic N) is 1. The number of amides is 1. The third-order valence-corrected chi connectivity index (χ3v) is 3.08. The molecule has 0 aromatic heterocycles. The first-order chi connectivity index (χ1) is 9.69. The highest BCUT2D eigenvalue weighted by Crippen LogP contribution is 2.31. The highest BCUT2D eigenvalue weighted by molar-refractivity contribution is 5.87. The van der Waals surface area contributed by atoms with E-state index in [9.17, 15) is 4.79 Å². The number of hydrogen-bond acceptors (Lipinski definition) is 1. The summed E-state index contributed by atoms with van der Waals surface area (Å²) < 4.78 is 0. The average Bonchev–Trinajstić information content (AvgIpc) is 2.42. The van der Waals surface area contributed by atoms with Crippen molar-refractivity contribution in [3.05, 3.63) is 72.5 Å². The summed E-state index contributed by atoms with van der Waals surface area (Å²) in [7, 11) is 0. The summed E-state index contributed by atoms with van der Waals surface area (Å²) in [6.07, 6.45) is 18.1. The molecule has 0 aromatic rings. The molecule has 106 valence electrons. The van der Waals surface area contributed by atoms with Crippen molar-refractivity contribution in [3.8, 4) is 0 Å². The zero-order valence-electron chi connectivity index (χ0n) is 12.5. The van der Waals surface area contributed by atoms with Crippen molar-refractivity contribution >= 4 is 5.91 Å². The molecule has 0 aromatic carbocycles. The SMILES string of the molecule is C=C/C=C(\C=C/C)C1CC(=O)N1C(/C=C\C)=C/C=C\C. The Labute approximate surface area is 122 Å². The largest absolute Gasteiger partial charge is 0.304 e. The second-order valence-electron chi connectivity index (χ2n) is 4.50. The van der Waals surface area contributed by atoms with E-state index in [1.54, 1.807) is 6.08 Å². The predicted octanol–water partition coefficient (Wildman–Crippen LogP) is 4.31. The molecule has 2 heteroatoms.